The molecule has 0 aliphatic carbocycles. The molecule has 0 aliphatic rings. The summed E-state index contributed by atoms with van der Waals surface area (Å²) >= 11 is 11.8. The van der Waals surface area contributed by atoms with Crippen LogP contribution in [0.4, 0.5) is 11.4 Å². The molecule has 2 N–H and O–H groups in total. The number of hydrogen-bond donors (Lipinski definition) is 2. The number of anilines is 2. The van der Waals surface area contributed by atoms with Gasteiger partial charge in [0.1, 0.15) is 12.4 Å². The molecule has 0 bridgehead atoms. The molecule has 0 saturated carbocycles. The molecule has 0 radical (unpaired) electrons. The van der Waals surface area contributed by atoms with Crippen LogP contribution in [0, 0.1) is 0 Å². The van der Waals surface area contributed by atoms with Gasteiger partial charge in [-0.2, -0.15) is 0 Å². The van der Waals surface area contributed by atoms with Crippen LogP contribution in [-0.2, 0) is 4.79 Å². The summed E-state index contributed by atoms with van der Waals surface area (Å²) in [6.07, 6.45) is 0. The largest absolute Gasteiger partial charge is 0.487 e. The summed E-state index contributed by atoms with van der Waals surface area (Å²) in [4.78, 5) is 12.1. The second-order valence-electron chi connectivity index (χ2n) is 5.27. The normalized spacial score (nSPS) is 10.1. The highest BCUT2D eigenvalue weighted by Gasteiger charge is 2.08. The van der Waals surface area contributed by atoms with E-state index in [2.05, 4.69) is 17.2 Å². The van der Waals surface area contributed by atoms with Crippen molar-refractivity contribution in [1.82, 2.24) is 0 Å². The Morgan fingerprint density at radius 1 is 1.17 bits per heavy atom. The van der Waals surface area contributed by atoms with Gasteiger partial charge in [0.2, 0.25) is 5.91 Å². The zero-order valence-corrected chi connectivity index (χ0v) is 14.7. The van der Waals surface area contributed by atoms with E-state index in [1.165, 1.54) is 0 Å². The van der Waals surface area contributed by atoms with Crippen molar-refractivity contribution in [1.29, 1.82) is 0 Å². The Morgan fingerprint density at radius 2 is 1.92 bits per heavy atom. The van der Waals surface area contributed by atoms with Crippen LogP contribution in [0.25, 0.3) is 0 Å². The lowest BCUT2D eigenvalue weighted by Crippen LogP contribution is -2.22. The molecule has 0 aliphatic heterocycles. The predicted octanol–water partition coefficient (Wildman–Crippen LogP) is 5.00. The summed E-state index contributed by atoms with van der Waals surface area (Å²) in [7, 11) is 0. The maximum absolute atomic E-state index is 12.1. The highest BCUT2D eigenvalue weighted by atomic mass is 35.5. The molecule has 2 aromatic rings. The van der Waals surface area contributed by atoms with Gasteiger partial charge in [-0.05, 0) is 42.8 Å². The van der Waals surface area contributed by atoms with Crippen LogP contribution in [0.1, 0.15) is 6.92 Å². The number of halogens is 2. The molecule has 0 heterocycles. The molecule has 0 atom stereocenters. The lowest BCUT2D eigenvalue weighted by molar-refractivity contribution is -0.114. The second kappa shape index (κ2) is 8.62. The smallest absolute Gasteiger partial charge is 0.243 e. The van der Waals surface area contributed by atoms with Crippen molar-refractivity contribution >= 4 is 40.5 Å². The Morgan fingerprint density at radius 3 is 2.62 bits per heavy atom. The molecule has 0 saturated heterocycles. The first kappa shape index (κ1) is 18.2. The lowest BCUT2D eigenvalue weighted by Gasteiger charge is -2.13. The third-order valence-corrected chi connectivity index (χ3v) is 3.75. The van der Waals surface area contributed by atoms with Gasteiger partial charge in [-0.3, -0.25) is 4.79 Å². The van der Waals surface area contributed by atoms with Crippen LogP contribution in [0.15, 0.2) is 54.6 Å². The molecule has 1 amide bonds. The second-order valence-corrected chi connectivity index (χ2v) is 6.09. The summed E-state index contributed by atoms with van der Waals surface area (Å²) in [5.74, 6) is 0.399. The zero-order valence-electron chi connectivity index (χ0n) is 13.2. The van der Waals surface area contributed by atoms with Gasteiger partial charge in [0.15, 0.2) is 0 Å². The van der Waals surface area contributed by atoms with Crippen LogP contribution in [0.5, 0.6) is 5.75 Å². The topological polar surface area (TPSA) is 50.4 Å². The number of ether oxygens (including phenoxy) is 1. The number of carbonyl (C=O) groups is 1. The molecule has 0 spiro atoms. The monoisotopic (exact) mass is 364 g/mol. The first-order chi connectivity index (χ1) is 11.5. The fraction of sp³-hybridized carbons (Fsp3) is 0.167. The highest BCUT2D eigenvalue weighted by molar-refractivity contribution is 6.42. The van der Waals surface area contributed by atoms with Gasteiger partial charge in [0.05, 0.1) is 22.3 Å². The average Bonchev–Trinajstić information content (AvgIpc) is 2.55. The molecule has 2 aromatic carbocycles. The van der Waals surface area contributed by atoms with Crippen molar-refractivity contribution < 1.29 is 9.53 Å². The Balaban J connectivity index is 1.94. The van der Waals surface area contributed by atoms with Gasteiger partial charge in [-0.1, -0.05) is 41.9 Å². The first-order valence-corrected chi connectivity index (χ1v) is 8.06. The number of amides is 1. The van der Waals surface area contributed by atoms with Gasteiger partial charge >= 0.3 is 0 Å². The van der Waals surface area contributed by atoms with E-state index in [1.807, 2.05) is 19.1 Å². The van der Waals surface area contributed by atoms with E-state index < -0.39 is 0 Å². The number of benzene rings is 2. The molecule has 6 heteroatoms. The molecule has 0 aromatic heterocycles. The molecule has 24 heavy (non-hydrogen) atoms. The number of hydrogen-bond acceptors (Lipinski definition) is 3. The van der Waals surface area contributed by atoms with Crippen LogP contribution in [-0.4, -0.2) is 19.1 Å². The summed E-state index contributed by atoms with van der Waals surface area (Å²) in [6, 6.07) is 12.3. The quantitative estimate of drug-likeness (QED) is 0.679. The van der Waals surface area contributed by atoms with E-state index in [0.29, 0.717) is 33.8 Å². The maximum atomic E-state index is 12.1. The average molecular weight is 365 g/mol. The Hall–Kier alpha value is -2.17. The van der Waals surface area contributed by atoms with Crippen LogP contribution >= 0.6 is 23.2 Å². The van der Waals surface area contributed by atoms with Gasteiger partial charge < -0.3 is 15.4 Å². The summed E-state index contributed by atoms with van der Waals surface area (Å²) in [5.41, 5.74) is 2.23. The fourth-order valence-electron chi connectivity index (χ4n) is 1.88. The first-order valence-electron chi connectivity index (χ1n) is 7.30. The van der Waals surface area contributed by atoms with Crippen molar-refractivity contribution in [3.05, 3.63) is 64.7 Å². The van der Waals surface area contributed by atoms with Gasteiger partial charge in [-0.15, -0.1) is 0 Å². The third-order valence-electron chi connectivity index (χ3n) is 3.01. The molecular weight excluding hydrogens is 347 g/mol. The number of rotatable bonds is 7. The van der Waals surface area contributed by atoms with Gasteiger partial charge in [-0.25, -0.2) is 0 Å². The van der Waals surface area contributed by atoms with E-state index in [0.717, 1.165) is 5.57 Å². The summed E-state index contributed by atoms with van der Waals surface area (Å²) in [5, 5.41) is 6.71. The van der Waals surface area contributed by atoms with Crippen molar-refractivity contribution in [3.63, 3.8) is 0 Å². The minimum absolute atomic E-state index is 0.0901. The third kappa shape index (κ3) is 5.48. The SMILES string of the molecule is C=C(C)COc1ccccc1NC(=O)CNc1ccc(Cl)c(Cl)c1. The number of nitrogens with one attached hydrogen (secondary N) is 2. The van der Waals surface area contributed by atoms with E-state index in [4.69, 9.17) is 27.9 Å². The fourth-order valence-corrected chi connectivity index (χ4v) is 2.18. The Kier molecular flexibility index (Phi) is 6.53. The molecule has 126 valence electrons. The predicted molar refractivity (Wildman–Crippen MR) is 100 cm³/mol. The van der Waals surface area contributed by atoms with E-state index >= 15 is 0 Å². The van der Waals surface area contributed by atoms with Gasteiger partial charge in [0, 0.05) is 5.69 Å². The standard InChI is InChI=1S/C18H18Cl2N2O2/c1-12(2)11-24-17-6-4-3-5-16(17)22-18(23)10-21-13-7-8-14(19)15(20)9-13/h3-9,21H,1,10-11H2,2H3,(H,22,23). The lowest BCUT2D eigenvalue weighted by atomic mass is 10.3. The molecule has 2 rings (SSSR count). The van der Waals surface area contributed by atoms with Crippen molar-refractivity contribution in [2.24, 2.45) is 0 Å². The van der Waals surface area contributed by atoms with Crippen LogP contribution in [0.3, 0.4) is 0 Å². The van der Waals surface area contributed by atoms with Crippen LogP contribution < -0.4 is 15.4 Å². The van der Waals surface area contributed by atoms with E-state index in [9.17, 15) is 4.79 Å². The molecule has 0 fully saturated rings. The number of carbonyl (C=O) groups excluding carboxylic acids is 1. The Bertz CT molecular complexity index is 748. The van der Waals surface area contributed by atoms with Crippen molar-refractivity contribution in [3.8, 4) is 5.75 Å². The maximum Gasteiger partial charge on any atom is 0.243 e. The minimum atomic E-state index is -0.201. The van der Waals surface area contributed by atoms with Crippen molar-refractivity contribution in [2.75, 3.05) is 23.8 Å². The van der Waals surface area contributed by atoms with Crippen molar-refractivity contribution in [2.45, 2.75) is 6.92 Å². The summed E-state index contributed by atoms with van der Waals surface area (Å²) < 4.78 is 5.62. The van der Waals surface area contributed by atoms with Gasteiger partial charge in [0.25, 0.3) is 0 Å². The van der Waals surface area contributed by atoms with E-state index in [1.54, 1.807) is 30.3 Å². The molecular formula is C18H18Cl2N2O2. The molecule has 0 unspecified atom stereocenters. The van der Waals surface area contributed by atoms with E-state index in [-0.39, 0.29) is 12.5 Å². The number of para-hydroxylation sites is 2. The molecule has 4 nitrogen and oxygen atoms in total. The minimum Gasteiger partial charge on any atom is -0.487 e. The Labute approximate surface area is 151 Å². The highest BCUT2D eigenvalue weighted by Crippen LogP contribution is 2.26. The van der Waals surface area contributed by atoms with Crippen LogP contribution in [0.2, 0.25) is 10.0 Å². The zero-order chi connectivity index (χ0) is 17.5. The summed E-state index contributed by atoms with van der Waals surface area (Å²) in [6.45, 7) is 6.16.